The molecule has 140 valence electrons. The number of ether oxygens (including phenoxy) is 2. The smallest absolute Gasteiger partial charge is 0.129 e. The third-order valence-corrected chi connectivity index (χ3v) is 5.22. The van der Waals surface area contributed by atoms with E-state index in [2.05, 4.69) is 19.2 Å². The number of benzene rings is 2. The van der Waals surface area contributed by atoms with Gasteiger partial charge < -0.3 is 26.3 Å². The maximum atomic E-state index is 6.38. The van der Waals surface area contributed by atoms with Crippen LogP contribution in [0.25, 0.3) is 0 Å². The van der Waals surface area contributed by atoms with Crippen LogP contribution >= 0.6 is 0 Å². The second-order valence-electron chi connectivity index (χ2n) is 7.13. The number of hydrogen-bond acceptors (Lipinski definition) is 5. The molecule has 2 atom stereocenters. The maximum absolute atomic E-state index is 6.38. The molecule has 3 rings (SSSR count). The number of nitrogens with two attached hydrogens (primary N) is 2. The van der Waals surface area contributed by atoms with Crippen molar-refractivity contribution in [3.63, 3.8) is 0 Å². The second kappa shape index (κ2) is 7.87. The number of nitrogen functional groups attached to an aromatic ring is 2. The summed E-state index contributed by atoms with van der Waals surface area (Å²) in [5.74, 6) is 2.25. The van der Waals surface area contributed by atoms with Gasteiger partial charge in [-0.1, -0.05) is 13.3 Å². The van der Waals surface area contributed by atoms with Crippen LogP contribution in [-0.2, 0) is 0 Å². The Hall–Kier alpha value is -2.40. The predicted octanol–water partition coefficient (Wildman–Crippen LogP) is 4.33. The van der Waals surface area contributed by atoms with E-state index >= 15 is 0 Å². The average molecular weight is 355 g/mol. The topological polar surface area (TPSA) is 82.5 Å². The standard InChI is InChI=1S/C21H29N3O2/c1-3-21(2,20-6-4-5-13-24-20)26-16-9-7-15(8-10-16)25-17-11-12-18(22)19(23)14-17/h7-12,14,20,24H,3-6,13,22-23H2,1-2H3. The van der Waals surface area contributed by atoms with Gasteiger partial charge in [-0.3, -0.25) is 0 Å². The van der Waals surface area contributed by atoms with Crippen LogP contribution in [0, 0.1) is 0 Å². The molecular weight excluding hydrogens is 326 g/mol. The van der Waals surface area contributed by atoms with Gasteiger partial charge in [-0.25, -0.2) is 0 Å². The average Bonchev–Trinajstić information content (AvgIpc) is 2.67. The first-order valence-corrected chi connectivity index (χ1v) is 9.35. The highest BCUT2D eigenvalue weighted by atomic mass is 16.5. The van der Waals surface area contributed by atoms with E-state index < -0.39 is 0 Å². The Balaban J connectivity index is 1.67. The van der Waals surface area contributed by atoms with E-state index in [1.165, 1.54) is 12.8 Å². The summed E-state index contributed by atoms with van der Waals surface area (Å²) >= 11 is 0. The van der Waals surface area contributed by atoms with Crippen LogP contribution in [0.4, 0.5) is 11.4 Å². The minimum absolute atomic E-state index is 0.214. The molecule has 2 aromatic rings. The molecule has 1 heterocycles. The summed E-state index contributed by atoms with van der Waals surface area (Å²) in [4.78, 5) is 0. The zero-order valence-electron chi connectivity index (χ0n) is 15.6. The molecule has 1 aliphatic heterocycles. The minimum atomic E-state index is -0.214. The highest BCUT2D eigenvalue weighted by Gasteiger charge is 2.35. The van der Waals surface area contributed by atoms with Gasteiger partial charge in [0.05, 0.1) is 11.4 Å². The fraction of sp³-hybridized carbons (Fsp3) is 0.429. The molecule has 26 heavy (non-hydrogen) atoms. The third-order valence-electron chi connectivity index (χ3n) is 5.22. The van der Waals surface area contributed by atoms with Gasteiger partial charge in [-0.2, -0.15) is 0 Å². The first-order chi connectivity index (χ1) is 12.5. The van der Waals surface area contributed by atoms with E-state index in [4.69, 9.17) is 20.9 Å². The van der Waals surface area contributed by atoms with Gasteiger partial charge in [0.2, 0.25) is 0 Å². The van der Waals surface area contributed by atoms with E-state index in [0.29, 0.717) is 23.2 Å². The summed E-state index contributed by atoms with van der Waals surface area (Å²) in [5.41, 5.74) is 12.4. The van der Waals surface area contributed by atoms with Crippen LogP contribution in [-0.4, -0.2) is 18.2 Å². The van der Waals surface area contributed by atoms with Crippen molar-refractivity contribution in [1.82, 2.24) is 5.32 Å². The fourth-order valence-electron chi connectivity index (χ4n) is 3.36. The monoisotopic (exact) mass is 355 g/mol. The Labute approximate surface area is 155 Å². The Morgan fingerprint density at radius 1 is 1.00 bits per heavy atom. The summed E-state index contributed by atoms with van der Waals surface area (Å²) in [6, 6.07) is 13.4. The number of hydrogen-bond donors (Lipinski definition) is 3. The molecule has 1 saturated heterocycles. The Morgan fingerprint density at radius 3 is 2.31 bits per heavy atom. The van der Waals surface area contributed by atoms with Crippen LogP contribution in [0.1, 0.15) is 39.5 Å². The molecule has 0 saturated carbocycles. The first kappa shape index (κ1) is 18.4. The lowest BCUT2D eigenvalue weighted by Crippen LogP contribution is -2.54. The second-order valence-corrected chi connectivity index (χ2v) is 7.13. The molecule has 0 aliphatic carbocycles. The van der Waals surface area contributed by atoms with E-state index in [1.807, 2.05) is 24.3 Å². The van der Waals surface area contributed by atoms with Gasteiger partial charge in [0.1, 0.15) is 22.8 Å². The van der Waals surface area contributed by atoms with E-state index in [1.54, 1.807) is 18.2 Å². The molecule has 1 fully saturated rings. The summed E-state index contributed by atoms with van der Waals surface area (Å²) in [6.45, 7) is 5.44. The van der Waals surface area contributed by atoms with Crippen LogP contribution in [0.5, 0.6) is 17.2 Å². The van der Waals surface area contributed by atoms with Crippen LogP contribution < -0.4 is 26.3 Å². The van der Waals surface area contributed by atoms with E-state index in [-0.39, 0.29) is 5.60 Å². The summed E-state index contributed by atoms with van der Waals surface area (Å²) in [7, 11) is 0. The highest BCUT2D eigenvalue weighted by Crippen LogP contribution is 2.31. The highest BCUT2D eigenvalue weighted by molar-refractivity contribution is 5.65. The van der Waals surface area contributed by atoms with Crippen LogP contribution in [0.2, 0.25) is 0 Å². The van der Waals surface area contributed by atoms with E-state index in [0.717, 1.165) is 30.9 Å². The Kier molecular flexibility index (Phi) is 5.57. The lowest BCUT2D eigenvalue weighted by atomic mass is 9.87. The first-order valence-electron chi connectivity index (χ1n) is 9.35. The molecule has 0 spiro atoms. The van der Waals surface area contributed by atoms with Gasteiger partial charge in [-0.15, -0.1) is 0 Å². The Bertz CT molecular complexity index is 727. The van der Waals surface area contributed by atoms with Crippen LogP contribution in [0.3, 0.4) is 0 Å². The van der Waals surface area contributed by atoms with E-state index in [9.17, 15) is 0 Å². The quantitative estimate of drug-likeness (QED) is 0.672. The number of nitrogens with one attached hydrogen (secondary N) is 1. The largest absolute Gasteiger partial charge is 0.486 e. The van der Waals surface area contributed by atoms with Gasteiger partial charge in [-0.05, 0) is 69.1 Å². The van der Waals surface area contributed by atoms with Crippen molar-refractivity contribution >= 4 is 11.4 Å². The maximum Gasteiger partial charge on any atom is 0.129 e. The Morgan fingerprint density at radius 2 is 1.69 bits per heavy atom. The van der Waals surface area contributed by atoms with Crippen molar-refractivity contribution in [1.29, 1.82) is 0 Å². The van der Waals surface area contributed by atoms with Crippen molar-refractivity contribution in [2.75, 3.05) is 18.0 Å². The lowest BCUT2D eigenvalue weighted by Gasteiger charge is -2.40. The molecule has 2 unspecified atom stereocenters. The molecule has 5 N–H and O–H groups in total. The SMILES string of the molecule is CCC(C)(Oc1ccc(Oc2ccc(N)c(N)c2)cc1)C1CCCCN1. The zero-order valence-corrected chi connectivity index (χ0v) is 15.6. The zero-order chi connectivity index (χ0) is 18.6. The van der Waals surface area contributed by atoms with Crippen molar-refractivity contribution in [2.24, 2.45) is 0 Å². The summed E-state index contributed by atoms with van der Waals surface area (Å²) in [5, 5.41) is 3.61. The van der Waals surface area contributed by atoms with Gasteiger partial charge >= 0.3 is 0 Å². The number of piperidine rings is 1. The molecule has 5 nitrogen and oxygen atoms in total. The molecule has 0 bridgehead atoms. The third kappa shape index (κ3) is 4.22. The molecule has 0 amide bonds. The van der Waals surface area contributed by atoms with Crippen molar-refractivity contribution in [2.45, 2.75) is 51.2 Å². The molecular formula is C21H29N3O2. The summed E-state index contributed by atoms with van der Waals surface area (Å²) in [6.07, 6.45) is 4.61. The normalized spacial score (nSPS) is 19.5. The molecule has 2 aromatic carbocycles. The lowest BCUT2D eigenvalue weighted by molar-refractivity contribution is 0.0316. The van der Waals surface area contributed by atoms with Crippen molar-refractivity contribution < 1.29 is 9.47 Å². The predicted molar refractivity (Wildman–Crippen MR) is 107 cm³/mol. The van der Waals surface area contributed by atoms with Gasteiger partial charge in [0.25, 0.3) is 0 Å². The van der Waals surface area contributed by atoms with Gasteiger partial charge in [0, 0.05) is 12.1 Å². The fourth-order valence-corrected chi connectivity index (χ4v) is 3.36. The molecule has 0 aromatic heterocycles. The molecule has 1 aliphatic rings. The van der Waals surface area contributed by atoms with Crippen molar-refractivity contribution in [3.05, 3.63) is 42.5 Å². The number of anilines is 2. The van der Waals surface area contributed by atoms with Gasteiger partial charge in [0.15, 0.2) is 0 Å². The number of rotatable bonds is 6. The minimum Gasteiger partial charge on any atom is -0.486 e. The molecule has 5 heteroatoms. The summed E-state index contributed by atoms with van der Waals surface area (Å²) < 4.78 is 12.2. The van der Waals surface area contributed by atoms with Crippen molar-refractivity contribution in [3.8, 4) is 17.2 Å². The molecule has 0 radical (unpaired) electrons. The van der Waals surface area contributed by atoms with Crippen LogP contribution in [0.15, 0.2) is 42.5 Å².